The van der Waals surface area contributed by atoms with Gasteiger partial charge in [0.2, 0.25) is 5.82 Å². The smallest absolute Gasteiger partial charge is 0.200 e. The molecule has 0 amide bonds. The molecule has 5 heteroatoms. The molecule has 1 aromatic heterocycles. The molecule has 0 aliphatic rings. The minimum Gasteiger partial charge on any atom is -0.505 e. The molecule has 0 aliphatic heterocycles. The van der Waals surface area contributed by atoms with Crippen LogP contribution in [-0.2, 0) is 6.54 Å². The number of aromatic nitrogens is 2. The van der Waals surface area contributed by atoms with E-state index in [1.165, 1.54) is 12.3 Å². The third-order valence-electron chi connectivity index (χ3n) is 2.46. The molecule has 0 bridgehead atoms. The summed E-state index contributed by atoms with van der Waals surface area (Å²) in [4.78, 5) is 0. The van der Waals surface area contributed by atoms with Crippen LogP contribution in [0.3, 0.4) is 0 Å². The third kappa shape index (κ3) is 2.13. The highest BCUT2D eigenvalue weighted by Crippen LogP contribution is 2.28. The Morgan fingerprint density at radius 1 is 1.29 bits per heavy atom. The van der Waals surface area contributed by atoms with Crippen molar-refractivity contribution in [3.63, 3.8) is 0 Å². The Hall–Kier alpha value is -1.91. The molecule has 2 aromatic rings. The number of aromatic hydroxyl groups is 1. The summed E-state index contributed by atoms with van der Waals surface area (Å²) in [5.41, 5.74) is 0.595. The van der Waals surface area contributed by atoms with Crippen molar-refractivity contribution >= 4 is 0 Å². The lowest BCUT2D eigenvalue weighted by atomic mass is 10.1. The number of aryl methyl sites for hydroxylation is 1. The molecule has 0 atom stereocenters. The van der Waals surface area contributed by atoms with Crippen molar-refractivity contribution in [1.82, 2.24) is 9.78 Å². The van der Waals surface area contributed by atoms with Crippen LogP contribution in [0, 0.1) is 11.6 Å². The van der Waals surface area contributed by atoms with Gasteiger partial charge in [0.25, 0.3) is 0 Å². The summed E-state index contributed by atoms with van der Waals surface area (Å²) < 4.78 is 28.4. The number of rotatable bonds is 3. The van der Waals surface area contributed by atoms with Crippen molar-refractivity contribution < 1.29 is 13.9 Å². The van der Waals surface area contributed by atoms with Gasteiger partial charge in [-0.05, 0) is 18.6 Å². The summed E-state index contributed by atoms with van der Waals surface area (Å²) in [5.74, 6) is -2.97. The molecule has 90 valence electrons. The Balaban J connectivity index is 2.42. The SMILES string of the molecule is CCCn1cc(-c2ccc(O)c(F)c2F)cn1. The normalized spacial score (nSPS) is 10.8. The molecule has 0 saturated heterocycles. The second kappa shape index (κ2) is 4.53. The van der Waals surface area contributed by atoms with Crippen molar-refractivity contribution in [3.8, 4) is 16.9 Å². The van der Waals surface area contributed by atoms with Crippen molar-refractivity contribution in [2.24, 2.45) is 0 Å². The van der Waals surface area contributed by atoms with E-state index in [-0.39, 0.29) is 5.56 Å². The van der Waals surface area contributed by atoms with E-state index in [1.807, 2.05) is 6.92 Å². The maximum Gasteiger partial charge on any atom is 0.200 e. The van der Waals surface area contributed by atoms with E-state index >= 15 is 0 Å². The van der Waals surface area contributed by atoms with E-state index in [2.05, 4.69) is 5.10 Å². The van der Waals surface area contributed by atoms with Gasteiger partial charge in [0.05, 0.1) is 6.20 Å². The third-order valence-corrected chi connectivity index (χ3v) is 2.46. The Labute approximate surface area is 97.3 Å². The Bertz CT molecular complexity index is 537. The molecule has 0 saturated carbocycles. The fraction of sp³-hybridized carbons (Fsp3) is 0.250. The average Bonchev–Trinajstić information content (AvgIpc) is 2.75. The van der Waals surface area contributed by atoms with Crippen molar-refractivity contribution in [2.75, 3.05) is 0 Å². The topological polar surface area (TPSA) is 38.0 Å². The van der Waals surface area contributed by atoms with Gasteiger partial charge in [-0.3, -0.25) is 4.68 Å². The summed E-state index contributed by atoms with van der Waals surface area (Å²) in [6, 6.07) is 2.46. The van der Waals surface area contributed by atoms with Crippen LogP contribution in [0.1, 0.15) is 13.3 Å². The van der Waals surface area contributed by atoms with Gasteiger partial charge in [-0.15, -0.1) is 0 Å². The van der Waals surface area contributed by atoms with Crippen LogP contribution >= 0.6 is 0 Å². The van der Waals surface area contributed by atoms with Gasteiger partial charge in [0.15, 0.2) is 11.6 Å². The lowest BCUT2D eigenvalue weighted by molar-refractivity contribution is 0.408. The van der Waals surface area contributed by atoms with Crippen molar-refractivity contribution in [1.29, 1.82) is 0 Å². The summed E-state index contributed by atoms with van der Waals surface area (Å²) in [6.07, 6.45) is 4.04. The maximum absolute atomic E-state index is 13.6. The standard InChI is InChI=1S/C12H12F2N2O/c1-2-5-16-7-8(6-15-16)9-3-4-10(17)12(14)11(9)13/h3-4,6-7,17H,2,5H2,1H3. The average molecular weight is 238 g/mol. The van der Waals surface area contributed by atoms with Gasteiger partial charge >= 0.3 is 0 Å². The number of hydrogen-bond donors (Lipinski definition) is 1. The predicted molar refractivity (Wildman–Crippen MR) is 59.5 cm³/mol. The van der Waals surface area contributed by atoms with Gasteiger partial charge in [0, 0.05) is 23.9 Å². The minimum atomic E-state index is -1.23. The molecule has 17 heavy (non-hydrogen) atoms. The number of phenols is 1. The number of hydrogen-bond acceptors (Lipinski definition) is 2. The monoisotopic (exact) mass is 238 g/mol. The van der Waals surface area contributed by atoms with E-state index in [9.17, 15) is 8.78 Å². The molecule has 2 rings (SSSR count). The van der Waals surface area contributed by atoms with Crippen LogP contribution in [-0.4, -0.2) is 14.9 Å². The molecule has 1 aromatic carbocycles. The fourth-order valence-corrected chi connectivity index (χ4v) is 1.62. The molecule has 0 unspecified atom stereocenters. The largest absolute Gasteiger partial charge is 0.505 e. The van der Waals surface area contributed by atoms with Gasteiger partial charge in [-0.1, -0.05) is 6.92 Å². The zero-order valence-electron chi connectivity index (χ0n) is 9.32. The van der Waals surface area contributed by atoms with E-state index < -0.39 is 17.4 Å². The highest BCUT2D eigenvalue weighted by atomic mass is 19.2. The van der Waals surface area contributed by atoms with Crippen LogP contribution in [0.25, 0.3) is 11.1 Å². The number of nitrogens with zero attached hydrogens (tertiary/aromatic N) is 2. The zero-order chi connectivity index (χ0) is 12.4. The Kier molecular flexibility index (Phi) is 3.08. The molecule has 0 aliphatic carbocycles. The molecule has 1 heterocycles. The fourth-order valence-electron chi connectivity index (χ4n) is 1.62. The lowest BCUT2D eigenvalue weighted by Gasteiger charge is -2.02. The predicted octanol–water partition coefficient (Wildman–Crippen LogP) is 2.94. The molecule has 0 fully saturated rings. The van der Waals surface area contributed by atoms with E-state index in [1.54, 1.807) is 10.9 Å². The maximum atomic E-state index is 13.6. The van der Waals surface area contributed by atoms with Crippen LogP contribution in [0.4, 0.5) is 8.78 Å². The summed E-state index contributed by atoms with van der Waals surface area (Å²) in [5, 5.41) is 13.1. The molecular formula is C12H12F2N2O. The molecular weight excluding hydrogens is 226 g/mol. The van der Waals surface area contributed by atoms with Gasteiger partial charge in [-0.25, -0.2) is 4.39 Å². The summed E-state index contributed by atoms with van der Waals surface area (Å²) >= 11 is 0. The van der Waals surface area contributed by atoms with Gasteiger partial charge < -0.3 is 5.11 Å². The highest BCUT2D eigenvalue weighted by molar-refractivity contribution is 5.63. The van der Waals surface area contributed by atoms with Crippen molar-refractivity contribution in [2.45, 2.75) is 19.9 Å². The summed E-state index contributed by atoms with van der Waals surface area (Å²) in [6.45, 7) is 2.73. The summed E-state index contributed by atoms with van der Waals surface area (Å²) in [7, 11) is 0. The second-order valence-electron chi connectivity index (χ2n) is 3.75. The second-order valence-corrected chi connectivity index (χ2v) is 3.75. The first kappa shape index (κ1) is 11.6. The first-order valence-corrected chi connectivity index (χ1v) is 5.33. The first-order valence-electron chi connectivity index (χ1n) is 5.33. The lowest BCUT2D eigenvalue weighted by Crippen LogP contribution is -1.95. The van der Waals surface area contributed by atoms with Crippen LogP contribution < -0.4 is 0 Å². The quantitative estimate of drug-likeness (QED) is 0.892. The van der Waals surface area contributed by atoms with Crippen LogP contribution in [0.15, 0.2) is 24.5 Å². The zero-order valence-corrected chi connectivity index (χ0v) is 9.32. The molecule has 0 radical (unpaired) electrons. The number of benzene rings is 1. The van der Waals surface area contributed by atoms with Gasteiger partial charge in [-0.2, -0.15) is 9.49 Å². The first-order chi connectivity index (χ1) is 8.13. The van der Waals surface area contributed by atoms with Gasteiger partial charge in [0.1, 0.15) is 0 Å². The Morgan fingerprint density at radius 2 is 2.06 bits per heavy atom. The molecule has 0 spiro atoms. The van der Waals surface area contributed by atoms with E-state index in [4.69, 9.17) is 5.11 Å². The van der Waals surface area contributed by atoms with Crippen LogP contribution in [0.2, 0.25) is 0 Å². The highest BCUT2D eigenvalue weighted by Gasteiger charge is 2.15. The molecule has 1 N–H and O–H groups in total. The number of phenolic OH excluding ortho intramolecular Hbond substituents is 1. The van der Waals surface area contributed by atoms with Crippen LogP contribution in [0.5, 0.6) is 5.75 Å². The van der Waals surface area contributed by atoms with E-state index in [0.29, 0.717) is 5.56 Å². The van der Waals surface area contributed by atoms with Crippen molar-refractivity contribution in [3.05, 3.63) is 36.2 Å². The molecule has 3 nitrogen and oxygen atoms in total. The minimum absolute atomic E-state index is 0.0997. The Morgan fingerprint density at radius 3 is 2.76 bits per heavy atom. The van der Waals surface area contributed by atoms with E-state index in [0.717, 1.165) is 19.0 Å². The number of halogens is 2.